The molecule has 1 amide bonds. The number of hydrogen-bond donors (Lipinski definition) is 1. The molecule has 128 valence electrons. The number of aryl methyl sites for hydroxylation is 1. The Hall–Kier alpha value is -1.94. The SMILES string of the molecule is CC(C)N1CCC(NS(=O)(=O)c2cn(C)c(=O)n(C)c2=O)C1=O. The zero-order chi connectivity index (χ0) is 17.5. The van der Waals surface area contributed by atoms with Crippen LogP contribution in [0.15, 0.2) is 20.7 Å². The van der Waals surface area contributed by atoms with Crippen LogP contribution in [0.2, 0.25) is 0 Å². The van der Waals surface area contributed by atoms with E-state index in [1.54, 1.807) is 4.90 Å². The summed E-state index contributed by atoms with van der Waals surface area (Å²) in [4.78, 5) is 36.9. The molecule has 1 aliphatic heterocycles. The van der Waals surface area contributed by atoms with Crippen LogP contribution in [0.25, 0.3) is 0 Å². The van der Waals surface area contributed by atoms with Crippen LogP contribution in [0.3, 0.4) is 0 Å². The molecule has 1 atom stereocenters. The first-order chi connectivity index (χ1) is 10.6. The molecule has 1 saturated heterocycles. The molecule has 9 nitrogen and oxygen atoms in total. The average molecular weight is 344 g/mol. The molecule has 0 aliphatic carbocycles. The van der Waals surface area contributed by atoms with Gasteiger partial charge in [0.15, 0.2) is 4.90 Å². The van der Waals surface area contributed by atoms with Crippen LogP contribution in [0.5, 0.6) is 0 Å². The summed E-state index contributed by atoms with van der Waals surface area (Å²) in [5.74, 6) is -0.315. The maximum Gasteiger partial charge on any atom is 0.330 e. The highest BCUT2D eigenvalue weighted by atomic mass is 32.2. The van der Waals surface area contributed by atoms with Crippen molar-refractivity contribution in [2.75, 3.05) is 6.54 Å². The predicted molar refractivity (Wildman–Crippen MR) is 82.5 cm³/mol. The van der Waals surface area contributed by atoms with E-state index < -0.39 is 32.2 Å². The van der Waals surface area contributed by atoms with Gasteiger partial charge in [0.1, 0.15) is 6.04 Å². The van der Waals surface area contributed by atoms with Gasteiger partial charge in [-0.3, -0.25) is 14.2 Å². The van der Waals surface area contributed by atoms with Gasteiger partial charge in [0.25, 0.3) is 5.56 Å². The van der Waals surface area contributed by atoms with Crippen molar-refractivity contribution in [3.05, 3.63) is 27.0 Å². The molecule has 0 aromatic carbocycles. The normalized spacial score (nSPS) is 18.9. The van der Waals surface area contributed by atoms with Crippen molar-refractivity contribution >= 4 is 15.9 Å². The van der Waals surface area contributed by atoms with E-state index in [0.29, 0.717) is 17.5 Å². The van der Waals surface area contributed by atoms with E-state index in [4.69, 9.17) is 0 Å². The van der Waals surface area contributed by atoms with Crippen molar-refractivity contribution in [3.63, 3.8) is 0 Å². The number of nitrogens with zero attached hydrogens (tertiary/aromatic N) is 3. The molecule has 1 aromatic heterocycles. The van der Waals surface area contributed by atoms with Gasteiger partial charge in [-0.2, -0.15) is 4.72 Å². The lowest BCUT2D eigenvalue weighted by Gasteiger charge is -2.21. The first-order valence-electron chi connectivity index (χ1n) is 7.15. The topological polar surface area (TPSA) is 110 Å². The van der Waals surface area contributed by atoms with Crippen molar-refractivity contribution in [1.29, 1.82) is 0 Å². The maximum absolute atomic E-state index is 12.4. The molecule has 0 spiro atoms. The van der Waals surface area contributed by atoms with Gasteiger partial charge in [-0.1, -0.05) is 0 Å². The van der Waals surface area contributed by atoms with Gasteiger partial charge >= 0.3 is 5.69 Å². The van der Waals surface area contributed by atoms with Gasteiger partial charge in [0, 0.05) is 32.9 Å². The van der Waals surface area contributed by atoms with Gasteiger partial charge < -0.3 is 9.47 Å². The lowest BCUT2D eigenvalue weighted by atomic mass is 10.3. The minimum atomic E-state index is -4.21. The Morgan fingerprint density at radius 2 is 1.83 bits per heavy atom. The molecule has 1 unspecified atom stereocenters. The van der Waals surface area contributed by atoms with Gasteiger partial charge in [-0.25, -0.2) is 13.2 Å². The standard InChI is InChI=1S/C13H20N4O5S/c1-8(2)17-6-5-9(11(17)18)14-23(21,22)10-7-15(3)13(20)16(4)12(10)19/h7-9,14H,5-6H2,1-4H3. The zero-order valence-corrected chi connectivity index (χ0v) is 14.3. The van der Waals surface area contributed by atoms with Crippen LogP contribution >= 0.6 is 0 Å². The number of hydrogen-bond acceptors (Lipinski definition) is 5. The highest BCUT2D eigenvalue weighted by Crippen LogP contribution is 2.16. The molecule has 1 N–H and O–H groups in total. The molecule has 0 radical (unpaired) electrons. The fourth-order valence-corrected chi connectivity index (χ4v) is 3.92. The molecular formula is C13H20N4O5S. The van der Waals surface area contributed by atoms with Crippen molar-refractivity contribution in [3.8, 4) is 0 Å². The van der Waals surface area contributed by atoms with E-state index in [-0.39, 0.29) is 11.9 Å². The number of carbonyl (C=O) groups excluding carboxylic acids is 1. The molecule has 2 rings (SSSR count). The quantitative estimate of drug-likeness (QED) is 0.705. The third kappa shape index (κ3) is 3.08. The summed E-state index contributed by atoms with van der Waals surface area (Å²) in [5.41, 5.74) is -1.55. The van der Waals surface area contributed by atoms with Gasteiger partial charge in [0.05, 0.1) is 0 Å². The monoisotopic (exact) mass is 344 g/mol. The van der Waals surface area contributed by atoms with Gasteiger partial charge in [-0.05, 0) is 20.3 Å². The summed E-state index contributed by atoms with van der Waals surface area (Å²) in [5, 5.41) is 0. The smallest absolute Gasteiger partial charge is 0.330 e. The largest absolute Gasteiger partial charge is 0.339 e. The highest BCUT2D eigenvalue weighted by molar-refractivity contribution is 7.89. The predicted octanol–water partition coefficient (Wildman–Crippen LogP) is -1.63. The van der Waals surface area contributed by atoms with Crippen LogP contribution in [0.1, 0.15) is 20.3 Å². The lowest BCUT2D eigenvalue weighted by molar-refractivity contribution is -0.130. The molecule has 2 heterocycles. The number of aromatic nitrogens is 2. The van der Waals surface area contributed by atoms with Crippen molar-refractivity contribution < 1.29 is 13.2 Å². The van der Waals surface area contributed by atoms with E-state index >= 15 is 0 Å². The number of nitrogens with one attached hydrogen (secondary N) is 1. The molecule has 23 heavy (non-hydrogen) atoms. The van der Waals surface area contributed by atoms with Gasteiger partial charge in [0.2, 0.25) is 15.9 Å². The van der Waals surface area contributed by atoms with Gasteiger partial charge in [-0.15, -0.1) is 0 Å². The van der Waals surface area contributed by atoms with Crippen molar-refractivity contribution in [1.82, 2.24) is 18.8 Å². The second-order valence-electron chi connectivity index (χ2n) is 5.84. The van der Waals surface area contributed by atoms with Crippen LogP contribution in [0, 0.1) is 0 Å². The second kappa shape index (κ2) is 5.93. The maximum atomic E-state index is 12.4. The number of sulfonamides is 1. The molecule has 1 aliphatic rings. The Balaban J connectivity index is 2.37. The zero-order valence-electron chi connectivity index (χ0n) is 13.4. The van der Waals surface area contributed by atoms with E-state index in [0.717, 1.165) is 10.8 Å². The van der Waals surface area contributed by atoms with E-state index in [1.165, 1.54) is 14.1 Å². The van der Waals surface area contributed by atoms with Crippen molar-refractivity contribution in [2.45, 2.75) is 37.2 Å². The molecule has 0 bridgehead atoms. The second-order valence-corrected chi connectivity index (χ2v) is 7.52. The Bertz CT molecular complexity index is 852. The van der Waals surface area contributed by atoms with Crippen LogP contribution in [0.4, 0.5) is 0 Å². The summed E-state index contributed by atoms with van der Waals surface area (Å²) in [7, 11) is -1.66. The minimum absolute atomic E-state index is 0.0255. The number of amides is 1. The van der Waals surface area contributed by atoms with E-state index in [1.807, 2.05) is 13.8 Å². The molecule has 1 aromatic rings. The highest BCUT2D eigenvalue weighted by Gasteiger charge is 2.36. The Morgan fingerprint density at radius 1 is 1.22 bits per heavy atom. The average Bonchev–Trinajstić information content (AvgIpc) is 2.81. The summed E-state index contributed by atoms with van der Waals surface area (Å²) in [6.07, 6.45) is 1.30. The summed E-state index contributed by atoms with van der Waals surface area (Å²) >= 11 is 0. The Morgan fingerprint density at radius 3 is 2.35 bits per heavy atom. The molecule has 0 saturated carbocycles. The van der Waals surface area contributed by atoms with Crippen LogP contribution in [-0.2, 0) is 28.9 Å². The molecule has 10 heteroatoms. The number of likely N-dealkylation sites (tertiary alicyclic amines) is 1. The third-order valence-corrected chi connectivity index (χ3v) is 5.32. The molecule has 1 fully saturated rings. The fraction of sp³-hybridized carbons (Fsp3) is 0.615. The Kier molecular flexibility index (Phi) is 4.49. The number of rotatable bonds is 4. The van der Waals surface area contributed by atoms with Crippen LogP contribution in [-0.4, -0.2) is 47.0 Å². The lowest BCUT2D eigenvalue weighted by Crippen LogP contribution is -2.46. The Labute approximate surface area is 133 Å². The van der Waals surface area contributed by atoms with Crippen molar-refractivity contribution in [2.24, 2.45) is 14.1 Å². The van der Waals surface area contributed by atoms with E-state index in [2.05, 4.69) is 4.72 Å². The number of carbonyl (C=O) groups is 1. The van der Waals surface area contributed by atoms with Crippen LogP contribution < -0.4 is 16.0 Å². The van der Waals surface area contributed by atoms with E-state index in [9.17, 15) is 22.8 Å². The molecular weight excluding hydrogens is 324 g/mol. The fourth-order valence-electron chi connectivity index (χ4n) is 2.53. The summed E-state index contributed by atoms with van der Waals surface area (Å²) in [6.45, 7) is 4.14. The summed E-state index contributed by atoms with van der Waals surface area (Å²) in [6, 6.07) is -0.924. The summed E-state index contributed by atoms with van der Waals surface area (Å²) < 4.78 is 28.9. The third-order valence-electron chi connectivity index (χ3n) is 3.87. The minimum Gasteiger partial charge on any atom is -0.339 e. The first-order valence-corrected chi connectivity index (χ1v) is 8.64. The first kappa shape index (κ1) is 17.4.